The monoisotopic (exact) mass is 356 g/mol. The molecule has 1 heterocycles. The van der Waals surface area contributed by atoms with Gasteiger partial charge in [-0.3, -0.25) is 4.98 Å². The van der Waals surface area contributed by atoms with Crippen LogP contribution in [0.2, 0.25) is 0 Å². The average molecular weight is 358 g/mol. The molecule has 0 radical (unpaired) electrons. The van der Waals surface area contributed by atoms with E-state index in [0.717, 1.165) is 20.4 Å². The van der Waals surface area contributed by atoms with E-state index in [1.807, 2.05) is 18.2 Å². The van der Waals surface area contributed by atoms with Gasteiger partial charge in [-0.25, -0.2) is 0 Å². The molecule has 0 saturated heterocycles. The summed E-state index contributed by atoms with van der Waals surface area (Å²) in [6, 6.07) is 9.33. The zero-order valence-electron chi connectivity index (χ0n) is 8.86. The van der Waals surface area contributed by atoms with Crippen LogP contribution in [0.15, 0.2) is 45.5 Å². The van der Waals surface area contributed by atoms with E-state index in [9.17, 15) is 0 Å². The largest absolute Gasteiger partial charge is 0.485 e. The maximum atomic E-state index is 5.71. The number of nitrogen functional groups attached to an aromatic ring is 1. The summed E-state index contributed by atoms with van der Waals surface area (Å²) < 4.78 is 7.34. The quantitative estimate of drug-likeness (QED) is 0.850. The van der Waals surface area contributed by atoms with E-state index >= 15 is 0 Å². The molecular weight excluding hydrogens is 348 g/mol. The molecule has 0 aliphatic heterocycles. The Morgan fingerprint density at radius 1 is 1.18 bits per heavy atom. The average Bonchev–Trinajstić information content (AvgIpc) is 2.29. The number of anilines is 1. The summed E-state index contributed by atoms with van der Waals surface area (Å²) in [6.45, 7) is 0.419. The lowest BCUT2D eigenvalue weighted by Crippen LogP contribution is -1.99. The van der Waals surface area contributed by atoms with Crippen LogP contribution in [0.25, 0.3) is 0 Å². The van der Waals surface area contributed by atoms with Gasteiger partial charge in [0.05, 0.1) is 14.6 Å². The summed E-state index contributed by atoms with van der Waals surface area (Å²) in [5.74, 6) is 0.727. The van der Waals surface area contributed by atoms with E-state index < -0.39 is 0 Å². The van der Waals surface area contributed by atoms with Crippen LogP contribution in [0.5, 0.6) is 5.75 Å². The summed E-state index contributed by atoms with van der Waals surface area (Å²) >= 11 is 6.83. The summed E-state index contributed by atoms with van der Waals surface area (Å²) in [5.41, 5.74) is 7.26. The number of ether oxygens (including phenoxy) is 1. The van der Waals surface area contributed by atoms with Crippen molar-refractivity contribution in [3.05, 3.63) is 51.2 Å². The minimum absolute atomic E-state index is 0.419. The number of hydrogen-bond donors (Lipinski definition) is 1. The topological polar surface area (TPSA) is 48.1 Å². The molecule has 0 aliphatic carbocycles. The third kappa shape index (κ3) is 3.20. The predicted octanol–water partition coefficient (Wildman–Crippen LogP) is 3.77. The highest BCUT2D eigenvalue weighted by Crippen LogP contribution is 2.35. The first kappa shape index (κ1) is 12.4. The van der Waals surface area contributed by atoms with Crippen LogP contribution < -0.4 is 10.5 Å². The minimum Gasteiger partial charge on any atom is -0.485 e. The Balaban J connectivity index is 2.15. The number of pyridine rings is 1. The van der Waals surface area contributed by atoms with Crippen LogP contribution in [-0.4, -0.2) is 4.98 Å². The molecule has 0 amide bonds. The van der Waals surface area contributed by atoms with Crippen LogP contribution >= 0.6 is 31.9 Å². The SMILES string of the molecule is Nc1cc(Br)c(OCc2ccccn2)c(Br)c1. The Hall–Kier alpha value is -1.07. The Morgan fingerprint density at radius 2 is 1.88 bits per heavy atom. The molecule has 0 spiro atoms. The van der Waals surface area contributed by atoms with Gasteiger partial charge in [0.25, 0.3) is 0 Å². The molecule has 17 heavy (non-hydrogen) atoms. The van der Waals surface area contributed by atoms with E-state index in [0.29, 0.717) is 12.3 Å². The molecule has 1 aromatic heterocycles. The fourth-order valence-corrected chi connectivity index (χ4v) is 2.80. The second-order valence-corrected chi connectivity index (χ2v) is 5.13. The van der Waals surface area contributed by atoms with Crippen molar-refractivity contribution in [2.45, 2.75) is 6.61 Å². The third-order valence-corrected chi connectivity index (χ3v) is 3.29. The normalized spacial score (nSPS) is 10.2. The summed E-state index contributed by atoms with van der Waals surface area (Å²) in [5, 5.41) is 0. The zero-order chi connectivity index (χ0) is 12.3. The van der Waals surface area contributed by atoms with Gasteiger partial charge in [-0.05, 0) is 56.1 Å². The second kappa shape index (κ2) is 5.51. The van der Waals surface area contributed by atoms with Crippen molar-refractivity contribution in [1.29, 1.82) is 0 Å². The Kier molecular flexibility index (Phi) is 4.02. The highest BCUT2D eigenvalue weighted by Gasteiger charge is 2.08. The van der Waals surface area contributed by atoms with Gasteiger partial charge in [0, 0.05) is 11.9 Å². The van der Waals surface area contributed by atoms with Crippen molar-refractivity contribution < 1.29 is 4.74 Å². The van der Waals surface area contributed by atoms with Crippen molar-refractivity contribution in [2.75, 3.05) is 5.73 Å². The molecule has 3 nitrogen and oxygen atoms in total. The number of hydrogen-bond acceptors (Lipinski definition) is 3. The smallest absolute Gasteiger partial charge is 0.148 e. The van der Waals surface area contributed by atoms with Gasteiger partial charge >= 0.3 is 0 Å². The van der Waals surface area contributed by atoms with E-state index in [2.05, 4.69) is 36.8 Å². The molecule has 2 rings (SSSR count). The van der Waals surface area contributed by atoms with Gasteiger partial charge in [0.15, 0.2) is 0 Å². The fourth-order valence-electron chi connectivity index (χ4n) is 1.35. The number of nitrogens with two attached hydrogens (primary N) is 1. The standard InChI is InChI=1S/C12H10Br2N2O/c13-10-5-8(15)6-11(14)12(10)17-7-9-3-1-2-4-16-9/h1-6H,7,15H2. The van der Waals surface area contributed by atoms with Gasteiger partial charge in [-0.2, -0.15) is 0 Å². The second-order valence-electron chi connectivity index (χ2n) is 3.42. The van der Waals surface area contributed by atoms with E-state index in [1.54, 1.807) is 18.3 Å². The van der Waals surface area contributed by atoms with Gasteiger partial charge in [-0.15, -0.1) is 0 Å². The number of halogens is 2. The first-order chi connectivity index (χ1) is 8.16. The van der Waals surface area contributed by atoms with Crippen LogP contribution in [-0.2, 0) is 6.61 Å². The molecule has 0 atom stereocenters. The molecule has 1 aromatic carbocycles. The number of benzene rings is 1. The van der Waals surface area contributed by atoms with Crippen molar-refractivity contribution in [3.8, 4) is 5.75 Å². The lowest BCUT2D eigenvalue weighted by Gasteiger charge is -2.10. The predicted molar refractivity (Wildman–Crippen MR) is 74.8 cm³/mol. The highest BCUT2D eigenvalue weighted by molar-refractivity contribution is 9.11. The van der Waals surface area contributed by atoms with Gasteiger partial charge in [0.2, 0.25) is 0 Å². The molecule has 0 fully saturated rings. The van der Waals surface area contributed by atoms with Crippen molar-refractivity contribution >= 4 is 37.5 Å². The molecule has 88 valence electrons. The molecule has 5 heteroatoms. The van der Waals surface area contributed by atoms with Crippen molar-refractivity contribution in [3.63, 3.8) is 0 Å². The maximum Gasteiger partial charge on any atom is 0.148 e. The van der Waals surface area contributed by atoms with Gasteiger partial charge in [0.1, 0.15) is 12.4 Å². The zero-order valence-corrected chi connectivity index (χ0v) is 12.0. The number of rotatable bonds is 3. The lowest BCUT2D eigenvalue weighted by molar-refractivity contribution is 0.297. The first-order valence-corrected chi connectivity index (χ1v) is 6.52. The van der Waals surface area contributed by atoms with E-state index in [-0.39, 0.29) is 0 Å². The fraction of sp³-hybridized carbons (Fsp3) is 0.0833. The van der Waals surface area contributed by atoms with Crippen LogP contribution in [0.1, 0.15) is 5.69 Å². The Morgan fingerprint density at radius 3 is 2.47 bits per heavy atom. The number of aromatic nitrogens is 1. The van der Waals surface area contributed by atoms with Gasteiger partial charge < -0.3 is 10.5 Å². The summed E-state index contributed by atoms with van der Waals surface area (Å²) in [4.78, 5) is 4.19. The minimum atomic E-state index is 0.419. The third-order valence-electron chi connectivity index (χ3n) is 2.11. The molecule has 0 saturated carbocycles. The molecular formula is C12H10Br2N2O. The van der Waals surface area contributed by atoms with Crippen LogP contribution in [0.3, 0.4) is 0 Å². The molecule has 0 bridgehead atoms. The van der Waals surface area contributed by atoms with Crippen molar-refractivity contribution in [2.24, 2.45) is 0 Å². The molecule has 2 aromatic rings. The summed E-state index contributed by atoms with van der Waals surface area (Å²) in [7, 11) is 0. The first-order valence-electron chi connectivity index (χ1n) is 4.94. The van der Waals surface area contributed by atoms with E-state index in [1.165, 1.54) is 0 Å². The van der Waals surface area contributed by atoms with Crippen LogP contribution in [0.4, 0.5) is 5.69 Å². The Bertz CT molecular complexity index is 494. The highest BCUT2D eigenvalue weighted by atomic mass is 79.9. The molecule has 0 unspecified atom stereocenters. The number of nitrogens with zero attached hydrogens (tertiary/aromatic N) is 1. The van der Waals surface area contributed by atoms with E-state index in [4.69, 9.17) is 10.5 Å². The molecule has 2 N–H and O–H groups in total. The van der Waals surface area contributed by atoms with Crippen LogP contribution in [0, 0.1) is 0 Å². The lowest BCUT2D eigenvalue weighted by atomic mass is 10.3. The molecule has 0 aliphatic rings. The van der Waals surface area contributed by atoms with Crippen molar-refractivity contribution in [1.82, 2.24) is 4.98 Å². The maximum absolute atomic E-state index is 5.71. The summed E-state index contributed by atoms with van der Waals surface area (Å²) in [6.07, 6.45) is 1.74. The van der Waals surface area contributed by atoms with Gasteiger partial charge in [-0.1, -0.05) is 6.07 Å². The Labute approximate surface area is 116 Å².